The van der Waals surface area contributed by atoms with Crippen molar-refractivity contribution in [2.75, 3.05) is 13.7 Å². The first kappa shape index (κ1) is 20.8. The highest BCUT2D eigenvalue weighted by Gasteiger charge is 2.29. The van der Waals surface area contributed by atoms with E-state index in [1.165, 1.54) is 5.56 Å². The van der Waals surface area contributed by atoms with Crippen molar-refractivity contribution in [3.63, 3.8) is 0 Å². The normalized spacial score (nSPS) is 18.7. The molecule has 154 valence electrons. The van der Waals surface area contributed by atoms with E-state index in [0.29, 0.717) is 13.1 Å². The number of amides is 2. The molecule has 0 bridgehead atoms. The van der Waals surface area contributed by atoms with E-state index < -0.39 is 0 Å². The van der Waals surface area contributed by atoms with E-state index in [4.69, 9.17) is 4.74 Å². The number of ether oxygens (including phenoxy) is 1. The molecule has 1 aliphatic carbocycles. The maximum Gasteiger partial charge on any atom is 0.223 e. The fourth-order valence-electron chi connectivity index (χ4n) is 3.72. The summed E-state index contributed by atoms with van der Waals surface area (Å²) >= 11 is 0. The predicted octanol–water partition coefficient (Wildman–Crippen LogP) is 2.87. The molecule has 1 fully saturated rings. The van der Waals surface area contributed by atoms with Crippen LogP contribution in [0.3, 0.4) is 0 Å². The fraction of sp³-hybridized carbons (Fsp3) is 0.435. The molecule has 2 amide bonds. The molecule has 0 radical (unpaired) electrons. The Kier molecular flexibility index (Phi) is 7.61. The van der Waals surface area contributed by atoms with Crippen molar-refractivity contribution in [2.45, 2.75) is 38.6 Å². The summed E-state index contributed by atoms with van der Waals surface area (Å²) in [6.45, 7) is 1.12. The molecule has 1 aliphatic rings. The van der Waals surface area contributed by atoms with E-state index in [1.807, 2.05) is 36.4 Å². The predicted molar refractivity (Wildman–Crippen MR) is 111 cm³/mol. The molecule has 6 heteroatoms. The first-order valence-electron chi connectivity index (χ1n) is 10.2. The average Bonchev–Trinajstić information content (AvgIpc) is 2.78. The van der Waals surface area contributed by atoms with E-state index in [1.54, 1.807) is 19.5 Å². The molecular formula is C23H29N3O3. The Hall–Kier alpha value is -2.89. The molecule has 6 nitrogen and oxygen atoms in total. The Morgan fingerprint density at radius 1 is 0.966 bits per heavy atom. The van der Waals surface area contributed by atoms with Gasteiger partial charge in [-0.1, -0.05) is 18.2 Å². The van der Waals surface area contributed by atoms with Gasteiger partial charge in [-0.15, -0.1) is 0 Å². The highest BCUT2D eigenvalue weighted by atomic mass is 16.5. The van der Waals surface area contributed by atoms with E-state index in [2.05, 4.69) is 15.6 Å². The van der Waals surface area contributed by atoms with Crippen molar-refractivity contribution in [1.82, 2.24) is 15.6 Å². The first-order chi connectivity index (χ1) is 14.2. The van der Waals surface area contributed by atoms with Crippen LogP contribution in [-0.4, -0.2) is 30.5 Å². The summed E-state index contributed by atoms with van der Waals surface area (Å²) < 4.78 is 5.15. The number of aromatic nitrogens is 1. The molecule has 29 heavy (non-hydrogen) atoms. The van der Waals surface area contributed by atoms with Crippen molar-refractivity contribution in [1.29, 1.82) is 0 Å². The van der Waals surface area contributed by atoms with Crippen LogP contribution in [0.2, 0.25) is 0 Å². The zero-order valence-electron chi connectivity index (χ0n) is 16.9. The third-order valence-electron chi connectivity index (χ3n) is 5.53. The van der Waals surface area contributed by atoms with Crippen LogP contribution in [-0.2, 0) is 22.6 Å². The summed E-state index contributed by atoms with van der Waals surface area (Å²) in [5.41, 5.74) is 2.16. The van der Waals surface area contributed by atoms with Gasteiger partial charge in [0, 0.05) is 37.3 Å². The highest BCUT2D eigenvalue weighted by Crippen LogP contribution is 2.29. The highest BCUT2D eigenvalue weighted by molar-refractivity contribution is 5.81. The molecule has 0 aliphatic heterocycles. The van der Waals surface area contributed by atoms with Gasteiger partial charge in [0.05, 0.1) is 7.11 Å². The van der Waals surface area contributed by atoms with Crippen molar-refractivity contribution >= 4 is 11.8 Å². The number of hydrogen-bond donors (Lipinski definition) is 2. The summed E-state index contributed by atoms with van der Waals surface area (Å²) in [6, 6.07) is 11.7. The number of pyridine rings is 1. The van der Waals surface area contributed by atoms with Gasteiger partial charge in [0.15, 0.2) is 0 Å². The maximum atomic E-state index is 12.4. The van der Waals surface area contributed by atoms with Gasteiger partial charge in [-0.2, -0.15) is 0 Å². The van der Waals surface area contributed by atoms with Crippen LogP contribution in [0.15, 0.2) is 48.8 Å². The second-order valence-corrected chi connectivity index (χ2v) is 7.52. The minimum Gasteiger partial charge on any atom is -0.497 e. The third kappa shape index (κ3) is 6.31. The average molecular weight is 396 g/mol. The Morgan fingerprint density at radius 3 is 2.21 bits per heavy atom. The van der Waals surface area contributed by atoms with Crippen molar-refractivity contribution < 1.29 is 14.3 Å². The number of carbonyl (C=O) groups excluding carboxylic acids is 2. The molecule has 0 spiro atoms. The minimum atomic E-state index is -0.00461. The second kappa shape index (κ2) is 10.6. The molecule has 2 aromatic rings. The lowest BCUT2D eigenvalue weighted by Crippen LogP contribution is -2.37. The molecule has 1 aromatic carbocycles. The van der Waals surface area contributed by atoms with E-state index >= 15 is 0 Å². The summed E-state index contributed by atoms with van der Waals surface area (Å²) in [4.78, 5) is 28.9. The van der Waals surface area contributed by atoms with E-state index in [-0.39, 0.29) is 23.7 Å². The zero-order valence-corrected chi connectivity index (χ0v) is 16.9. The second-order valence-electron chi connectivity index (χ2n) is 7.52. The minimum absolute atomic E-state index is 0.00461. The van der Waals surface area contributed by atoms with Crippen molar-refractivity contribution in [3.05, 3.63) is 59.9 Å². The number of hydrogen-bond acceptors (Lipinski definition) is 4. The van der Waals surface area contributed by atoms with Gasteiger partial charge in [0.25, 0.3) is 0 Å². The molecule has 3 rings (SSSR count). The van der Waals surface area contributed by atoms with Gasteiger partial charge in [0.1, 0.15) is 5.75 Å². The van der Waals surface area contributed by atoms with Crippen LogP contribution in [0.5, 0.6) is 5.75 Å². The number of nitrogens with one attached hydrogen (secondary N) is 2. The number of methoxy groups -OCH3 is 1. The summed E-state index contributed by atoms with van der Waals surface area (Å²) in [6.07, 6.45) is 7.31. The van der Waals surface area contributed by atoms with Crippen LogP contribution in [0.25, 0.3) is 0 Å². The molecule has 0 saturated heterocycles. The van der Waals surface area contributed by atoms with E-state index in [9.17, 15) is 9.59 Å². The Morgan fingerprint density at radius 2 is 1.62 bits per heavy atom. The maximum absolute atomic E-state index is 12.4. The van der Waals surface area contributed by atoms with Crippen LogP contribution in [0.4, 0.5) is 0 Å². The number of rotatable bonds is 8. The first-order valence-corrected chi connectivity index (χ1v) is 10.2. The van der Waals surface area contributed by atoms with Crippen LogP contribution in [0.1, 0.15) is 36.8 Å². The Balaban J connectivity index is 1.34. The fourth-order valence-corrected chi connectivity index (χ4v) is 3.72. The van der Waals surface area contributed by atoms with Gasteiger partial charge in [0.2, 0.25) is 11.8 Å². The number of carbonyl (C=O) groups is 2. The van der Waals surface area contributed by atoms with Crippen molar-refractivity contribution in [2.24, 2.45) is 11.8 Å². The standard InChI is InChI=1S/C23H29N3O3/c1-29-21-10-4-17(5-11-21)12-14-25-22(27)19-6-8-20(9-7-19)23(28)26-16-18-3-2-13-24-15-18/h2-5,10-11,13,15,19-20H,6-9,12,14,16H2,1H3,(H,25,27)(H,26,28). The summed E-state index contributed by atoms with van der Waals surface area (Å²) in [5.74, 6) is 1.02. The number of nitrogens with zero attached hydrogens (tertiary/aromatic N) is 1. The monoisotopic (exact) mass is 395 g/mol. The lowest BCUT2D eigenvalue weighted by atomic mass is 9.81. The molecular weight excluding hydrogens is 366 g/mol. The molecule has 0 atom stereocenters. The summed E-state index contributed by atoms with van der Waals surface area (Å²) in [7, 11) is 1.65. The zero-order chi connectivity index (χ0) is 20.5. The van der Waals surface area contributed by atoms with Gasteiger partial charge < -0.3 is 15.4 Å². The number of benzene rings is 1. The van der Waals surface area contributed by atoms with Gasteiger partial charge in [-0.25, -0.2) is 0 Å². The van der Waals surface area contributed by atoms with Crippen LogP contribution in [0, 0.1) is 11.8 Å². The quantitative estimate of drug-likeness (QED) is 0.720. The smallest absolute Gasteiger partial charge is 0.223 e. The Labute approximate surface area is 172 Å². The van der Waals surface area contributed by atoms with Gasteiger partial charge >= 0.3 is 0 Å². The summed E-state index contributed by atoms with van der Waals surface area (Å²) in [5, 5.41) is 6.03. The largest absolute Gasteiger partial charge is 0.497 e. The third-order valence-corrected chi connectivity index (χ3v) is 5.53. The van der Waals surface area contributed by atoms with Crippen molar-refractivity contribution in [3.8, 4) is 5.75 Å². The molecule has 2 N–H and O–H groups in total. The van der Waals surface area contributed by atoms with E-state index in [0.717, 1.165) is 43.4 Å². The SMILES string of the molecule is COc1ccc(CCNC(=O)C2CCC(C(=O)NCc3cccnc3)CC2)cc1. The molecule has 0 unspecified atom stereocenters. The van der Waals surface area contributed by atoms with Gasteiger partial charge in [-0.3, -0.25) is 14.6 Å². The molecule has 1 aromatic heterocycles. The molecule has 1 saturated carbocycles. The molecule has 1 heterocycles. The lowest BCUT2D eigenvalue weighted by molar-refractivity contribution is -0.130. The lowest BCUT2D eigenvalue weighted by Gasteiger charge is -2.27. The van der Waals surface area contributed by atoms with Crippen LogP contribution < -0.4 is 15.4 Å². The van der Waals surface area contributed by atoms with Gasteiger partial charge in [-0.05, 0) is 61.4 Å². The Bertz CT molecular complexity index is 785. The topological polar surface area (TPSA) is 80.3 Å². The van der Waals surface area contributed by atoms with Crippen LogP contribution >= 0.6 is 0 Å².